The van der Waals surface area contributed by atoms with E-state index in [1.165, 1.54) is 0 Å². The highest BCUT2D eigenvalue weighted by Crippen LogP contribution is 2.19. The predicted molar refractivity (Wildman–Crippen MR) is 92.9 cm³/mol. The molecule has 0 aromatic heterocycles. The van der Waals surface area contributed by atoms with Crippen LogP contribution in [0.4, 0.5) is 10.1 Å². The number of nitrogens with one attached hydrogen (secondary N) is 1. The molecular formula is C16H14ClFN2O5S. The van der Waals surface area contributed by atoms with E-state index in [0.29, 0.717) is 16.3 Å². The van der Waals surface area contributed by atoms with Gasteiger partial charge in [-0.1, -0.05) is 11.6 Å². The maximum absolute atomic E-state index is 13.7. The number of hydrogen-bond donors (Lipinski definition) is 2. The summed E-state index contributed by atoms with van der Waals surface area (Å²) in [4.78, 5) is 23.3. The monoisotopic (exact) mass is 400 g/mol. The average Bonchev–Trinajstić information content (AvgIpc) is 2.54. The molecule has 0 radical (unpaired) electrons. The van der Waals surface area contributed by atoms with E-state index in [9.17, 15) is 22.4 Å². The van der Waals surface area contributed by atoms with E-state index >= 15 is 0 Å². The lowest BCUT2D eigenvalue weighted by molar-refractivity contribution is -0.119. The van der Waals surface area contributed by atoms with Gasteiger partial charge >= 0.3 is 5.97 Å². The fraction of sp³-hybridized carbons (Fsp3) is 0.125. The molecule has 138 valence electrons. The van der Waals surface area contributed by atoms with E-state index in [0.717, 1.165) is 18.2 Å². The summed E-state index contributed by atoms with van der Waals surface area (Å²) in [5.41, 5.74) is 0.522. The normalized spacial score (nSPS) is 11.1. The fourth-order valence-corrected chi connectivity index (χ4v) is 2.77. The van der Waals surface area contributed by atoms with Gasteiger partial charge in [-0.2, -0.15) is 0 Å². The average molecular weight is 401 g/mol. The minimum atomic E-state index is -4.12. The maximum atomic E-state index is 13.7. The number of amides is 1. The van der Waals surface area contributed by atoms with Crippen molar-refractivity contribution in [1.29, 1.82) is 0 Å². The lowest BCUT2D eigenvalue weighted by Gasteiger charge is -2.10. The summed E-state index contributed by atoms with van der Waals surface area (Å²) >= 11 is 5.81. The van der Waals surface area contributed by atoms with E-state index in [1.54, 1.807) is 25.1 Å². The molecule has 0 fully saturated rings. The first-order chi connectivity index (χ1) is 12.1. The van der Waals surface area contributed by atoms with Crippen LogP contribution in [0, 0.1) is 12.7 Å². The highest BCUT2D eigenvalue weighted by molar-refractivity contribution is 7.89. The highest BCUT2D eigenvalue weighted by Gasteiger charge is 2.19. The Morgan fingerprint density at radius 3 is 2.54 bits per heavy atom. The van der Waals surface area contributed by atoms with Crippen molar-refractivity contribution in [1.82, 2.24) is 0 Å². The van der Waals surface area contributed by atoms with Gasteiger partial charge in [-0.15, -0.1) is 0 Å². The standard InChI is InChI=1S/C16H14ClFN2O5S/c1-9-6-10(17)2-5-14(9)20-15(21)8-25-16(22)12-7-11(26(19,23)24)3-4-13(12)18/h2-7H,8H2,1H3,(H,20,21)(H2,19,23,24). The van der Waals surface area contributed by atoms with Crippen molar-refractivity contribution in [3.05, 3.63) is 58.4 Å². The number of hydrogen-bond acceptors (Lipinski definition) is 5. The van der Waals surface area contributed by atoms with Crippen LogP contribution < -0.4 is 10.5 Å². The molecule has 0 saturated heterocycles. The minimum Gasteiger partial charge on any atom is -0.452 e. The third-order valence-corrected chi connectivity index (χ3v) is 4.43. The number of rotatable bonds is 5. The molecule has 0 spiro atoms. The second kappa shape index (κ2) is 7.81. The van der Waals surface area contributed by atoms with Crippen LogP contribution in [-0.2, 0) is 19.6 Å². The second-order valence-corrected chi connectivity index (χ2v) is 7.27. The quantitative estimate of drug-likeness (QED) is 0.746. The van der Waals surface area contributed by atoms with Crippen LogP contribution in [0.1, 0.15) is 15.9 Å². The zero-order chi connectivity index (χ0) is 19.5. The molecule has 1 amide bonds. The van der Waals surface area contributed by atoms with Crippen LogP contribution in [0.3, 0.4) is 0 Å². The first-order valence-corrected chi connectivity index (χ1v) is 9.06. The number of esters is 1. The molecule has 2 aromatic rings. The van der Waals surface area contributed by atoms with E-state index in [2.05, 4.69) is 5.32 Å². The molecule has 2 aromatic carbocycles. The van der Waals surface area contributed by atoms with E-state index in [4.69, 9.17) is 21.5 Å². The number of primary sulfonamides is 1. The van der Waals surface area contributed by atoms with Gasteiger partial charge < -0.3 is 10.1 Å². The molecule has 0 aliphatic heterocycles. The molecule has 0 unspecified atom stereocenters. The van der Waals surface area contributed by atoms with Gasteiger partial charge in [-0.25, -0.2) is 22.7 Å². The van der Waals surface area contributed by atoms with Crippen molar-refractivity contribution in [2.75, 3.05) is 11.9 Å². The van der Waals surface area contributed by atoms with Gasteiger partial charge in [-0.3, -0.25) is 4.79 Å². The van der Waals surface area contributed by atoms with Crippen LogP contribution in [0.5, 0.6) is 0 Å². The summed E-state index contributed by atoms with van der Waals surface area (Å²) in [5.74, 6) is -2.86. The second-order valence-electron chi connectivity index (χ2n) is 5.27. The number of anilines is 1. The number of nitrogens with two attached hydrogens (primary N) is 1. The Morgan fingerprint density at radius 1 is 1.23 bits per heavy atom. The zero-order valence-corrected chi connectivity index (χ0v) is 15.0. The lowest BCUT2D eigenvalue weighted by atomic mass is 10.2. The topological polar surface area (TPSA) is 116 Å². The first-order valence-electron chi connectivity index (χ1n) is 7.13. The van der Waals surface area contributed by atoms with Gasteiger partial charge in [0.25, 0.3) is 5.91 Å². The molecule has 0 heterocycles. The number of halogens is 2. The Bertz CT molecular complexity index is 979. The van der Waals surface area contributed by atoms with Crippen molar-refractivity contribution >= 4 is 39.2 Å². The molecule has 0 aliphatic rings. The van der Waals surface area contributed by atoms with Gasteiger partial charge in [-0.05, 0) is 48.9 Å². The van der Waals surface area contributed by atoms with Gasteiger partial charge in [0.1, 0.15) is 5.82 Å². The van der Waals surface area contributed by atoms with Gasteiger partial charge in [0, 0.05) is 10.7 Å². The SMILES string of the molecule is Cc1cc(Cl)ccc1NC(=O)COC(=O)c1cc(S(N)(=O)=O)ccc1F. The van der Waals surface area contributed by atoms with Gasteiger partial charge in [0.2, 0.25) is 10.0 Å². The Labute approximate surface area is 154 Å². The third-order valence-electron chi connectivity index (χ3n) is 3.28. The lowest BCUT2D eigenvalue weighted by Crippen LogP contribution is -2.22. The number of sulfonamides is 1. The molecule has 0 atom stereocenters. The third kappa shape index (κ3) is 5.01. The first kappa shape index (κ1) is 19.8. The van der Waals surface area contributed by atoms with Crippen molar-refractivity contribution < 1.29 is 27.1 Å². The fourth-order valence-electron chi connectivity index (χ4n) is 2.00. The van der Waals surface area contributed by atoms with Crippen LogP contribution in [0.25, 0.3) is 0 Å². The summed E-state index contributed by atoms with van der Waals surface area (Å²) < 4.78 is 41.0. The van der Waals surface area contributed by atoms with Crippen LogP contribution >= 0.6 is 11.6 Å². The van der Waals surface area contributed by atoms with E-state index in [-0.39, 0.29) is 0 Å². The number of carbonyl (C=O) groups is 2. The zero-order valence-electron chi connectivity index (χ0n) is 13.5. The molecule has 2 rings (SSSR count). The number of ether oxygens (including phenoxy) is 1. The Hall–Kier alpha value is -2.49. The van der Waals surface area contributed by atoms with Crippen molar-refractivity contribution in [3.63, 3.8) is 0 Å². The maximum Gasteiger partial charge on any atom is 0.341 e. The Morgan fingerprint density at radius 2 is 1.92 bits per heavy atom. The summed E-state index contributed by atoms with van der Waals surface area (Å²) in [6.45, 7) is 1.03. The van der Waals surface area contributed by atoms with Crippen LogP contribution in [-0.4, -0.2) is 26.9 Å². The molecule has 26 heavy (non-hydrogen) atoms. The summed E-state index contributed by atoms with van der Waals surface area (Å²) in [7, 11) is -4.12. The summed E-state index contributed by atoms with van der Waals surface area (Å²) in [6.07, 6.45) is 0. The van der Waals surface area contributed by atoms with Crippen LogP contribution in [0.2, 0.25) is 5.02 Å². The smallest absolute Gasteiger partial charge is 0.341 e. The van der Waals surface area contributed by atoms with Crippen molar-refractivity contribution in [3.8, 4) is 0 Å². The van der Waals surface area contributed by atoms with Crippen molar-refractivity contribution in [2.45, 2.75) is 11.8 Å². The molecular weight excluding hydrogens is 387 g/mol. The molecule has 0 bridgehead atoms. The largest absolute Gasteiger partial charge is 0.452 e. The Kier molecular flexibility index (Phi) is 5.96. The number of aryl methyl sites for hydroxylation is 1. The molecule has 10 heteroatoms. The van der Waals surface area contributed by atoms with Gasteiger partial charge in [0.05, 0.1) is 10.5 Å². The van der Waals surface area contributed by atoms with Gasteiger partial charge in [0.15, 0.2) is 6.61 Å². The summed E-state index contributed by atoms with van der Waals surface area (Å²) in [5, 5.41) is 7.94. The molecule has 7 nitrogen and oxygen atoms in total. The molecule has 0 saturated carbocycles. The minimum absolute atomic E-state index is 0.452. The Balaban J connectivity index is 2.05. The molecule has 3 N–H and O–H groups in total. The summed E-state index contributed by atoms with van der Waals surface area (Å²) in [6, 6.07) is 7.22. The number of benzene rings is 2. The predicted octanol–water partition coefficient (Wildman–Crippen LogP) is 2.23. The van der Waals surface area contributed by atoms with Crippen LogP contribution in [0.15, 0.2) is 41.3 Å². The molecule has 0 aliphatic carbocycles. The van der Waals surface area contributed by atoms with E-state index in [1.807, 2.05) is 0 Å². The number of carbonyl (C=O) groups excluding carboxylic acids is 2. The van der Waals surface area contributed by atoms with Crippen molar-refractivity contribution in [2.24, 2.45) is 5.14 Å². The highest BCUT2D eigenvalue weighted by atomic mass is 35.5. The van der Waals surface area contributed by atoms with E-state index < -0.39 is 44.8 Å².